The fourth-order valence-corrected chi connectivity index (χ4v) is 3.52. The van der Waals surface area contributed by atoms with E-state index in [0.29, 0.717) is 24.4 Å². The third kappa shape index (κ3) is 3.08. The largest absolute Gasteiger partial charge is 0.381 e. The smallest absolute Gasteiger partial charge is 0.257 e. The van der Waals surface area contributed by atoms with Crippen LogP contribution in [0.25, 0.3) is 5.65 Å². The van der Waals surface area contributed by atoms with Gasteiger partial charge in [0.25, 0.3) is 5.91 Å². The summed E-state index contributed by atoms with van der Waals surface area (Å²) >= 11 is 0. The first-order valence-corrected chi connectivity index (χ1v) is 8.96. The summed E-state index contributed by atoms with van der Waals surface area (Å²) in [5.74, 6) is 0.994. The summed E-state index contributed by atoms with van der Waals surface area (Å²) < 4.78 is 9.18. The molecule has 8 nitrogen and oxygen atoms in total. The summed E-state index contributed by atoms with van der Waals surface area (Å²) in [6.45, 7) is 4.30. The summed E-state index contributed by atoms with van der Waals surface area (Å²) in [4.78, 5) is 21.8. The molecule has 0 aliphatic carbocycles. The second kappa shape index (κ2) is 7.25. The first-order valence-electron chi connectivity index (χ1n) is 8.96. The zero-order valence-electron chi connectivity index (χ0n) is 14.7. The third-order valence-corrected chi connectivity index (χ3v) is 4.91. The Balaban J connectivity index is 1.64. The van der Waals surface area contributed by atoms with E-state index in [1.54, 1.807) is 35.4 Å². The number of aromatic nitrogens is 5. The number of ether oxygens (including phenoxy) is 1. The van der Waals surface area contributed by atoms with Gasteiger partial charge >= 0.3 is 0 Å². The van der Waals surface area contributed by atoms with Crippen LogP contribution >= 0.6 is 0 Å². The van der Waals surface area contributed by atoms with E-state index in [0.717, 1.165) is 25.2 Å². The van der Waals surface area contributed by atoms with Crippen LogP contribution in [-0.4, -0.2) is 43.3 Å². The van der Waals surface area contributed by atoms with Crippen LogP contribution in [0.2, 0.25) is 0 Å². The Morgan fingerprint density at radius 3 is 2.96 bits per heavy atom. The maximum absolute atomic E-state index is 13.0. The molecule has 0 saturated carbocycles. The molecule has 1 amide bonds. The topological polar surface area (TPSA) is 86.3 Å². The third-order valence-electron chi connectivity index (χ3n) is 4.91. The summed E-state index contributed by atoms with van der Waals surface area (Å²) in [5.41, 5.74) is 1.02. The Kier molecular flexibility index (Phi) is 4.66. The normalized spacial score (nSPS) is 16.7. The predicted octanol–water partition coefficient (Wildman–Crippen LogP) is 1.84. The van der Waals surface area contributed by atoms with Crippen molar-refractivity contribution in [1.29, 1.82) is 0 Å². The molecule has 4 rings (SSSR count). The van der Waals surface area contributed by atoms with Gasteiger partial charge in [0.2, 0.25) is 0 Å². The first-order chi connectivity index (χ1) is 12.8. The Bertz CT molecular complexity index is 896. The molecule has 26 heavy (non-hydrogen) atoms. The number of carbonyl (C=O) groups is 1. The highest BCUT2D eigenvalue weighted by Gasteiger charge is 2.31. The van der Waals surface area contributed by atoms with Gasteiger partial charge in [-0.1, -0.05) is 0 Å². The van der Waals surface area contributed by atoms with Crippen LogP contribution < -0.4 is 5.32 Å². The number of aryl methyl sites for hydroxylation is 1. The van der Waals surface area contributed by atoms with E-state index in [1.165, 1.54) is 0 Å². The average molecular weight is 354 g/mol. The number of amides is 1. The molecule has 0 aromatic carbocycles. The molecular formula is C18H22N6O2. The van der Waals surface area contributed by atoms with Gasteiger partial charge < -0.3 is 14.6 Å². The molecule has 8 heteroatoms. The zero-order chi connectivity index (χ0) is 17.9. The lowest BCUT2D eigenvalue weighted by atomic mass is 9.90. The Labute approximate surface area is 151 Å². The predicted molar refractivity (Wildman–Crippen MR) is 94.6 cm³/mol. The van der Waals surface area contributed by atoms with Crippen LogP contribution in [0.3, 0.4) is 0 Å². The first kappa shape index (κ1) is 16.7. The van der Waals surface area contributed by atoms with E-state index in [-0.39, 0.29) is 17.9 Å². The van der Waals surface area contributed by atoms with Crippen molar-refractivity contribution in [2.45, 2.75) is 32.4 Å². The fourth-order valence-electron chi connectivity index (χ4n) is 3.52. The molecule has 1 N–H and O–H groups in total. The van der Waals surface area contributed by atoms with Gasteiger partial charge in [0.1, 0.15) is 11.4 Å². The van der Waals surface area contributed by atoms with E-state index < -0.39 is 0 Å². The summed E-state index contributed by atoms with van der Waals surface area (Å²) in [7, 11) is 0. The lowest BCUT2D eigenvalue weighted by Gasteiger charge is -2.30. The molecule has 4 heterocycles. The number of rotatable bonds is 5. The maximum atomic E-state index is 13.0. The molecule has 1 saturated heterocycles. The van der Waals surface area contributed by atoms with Crippen molar-refractivity contribution >= 4 is 11.6 Å². The van der Waals surface area contributed by atoms with Gasteiger partial charge in [-0.2, -0.15) is 5.10 Å². The van der Waals surface area contributed by atoms with Crippen molar-refractivity contribution in [2.75, 3.05) is 13.2 Å². The van der Waals surface area contributed by atoms with E-state index in [9.17, 15) is 4.79 Å². The molecule has 3 aromatic rings. The molecule has 1 fully saturated rings. The highest BCUT2D eigenvalue weighted by molar-refractivity contribution is 5.99. The minimum absolute atomic E-state index is 0.167. The minimum Gasteiger partial charge on any atom is -0.381 e. The minimum atomic E-state index is -0.180. The molecule has 1 atom stereocenters. The quantitative estimate of drug-likeness (QED) is 0.756. The van der Waals surface area contributed by atoms with Gasteiger partial charge in [0, 0.05) is 44.5 Å². The van der Waals surface area contributed by atoms with Crippen molar-refractivity contribution in [2.24, 2.45) is 5.92 Å². The van der Waals surface area contributed by atoms with E-state index in [4.69, 9.17) is 4.74 Å². The van der Waals surface area contributed by atoms with E-state index >= 15 is 0 Å². The SMILES string of the molecule is CCn1ccnc1C(NC(=O)c1cnn2cccnc12)C1CCOCC1. The molecule has 136 valence electrons. The molecule has 1 unspecified atom stereocenters. The van der Waals surface area contributed by atoms with Crippen LogP contribution in [0.15, 0.2) is 37.1 Å². The molecule has 0 radical (unpaired) electrons. The number of fused-ring (bicyclic) bond motifs is 1. The molecule has 3 aromatic heterocycles. The summed E-state index contributed by atoms with van der Waals surface area (Å²) in [6, 6.07) is 1.62. The second-order valence-electron chi connectivity index (χ2n) is 6.42. The highest BCUT2D eigenvalue weighted by atomic mass is 16.5. The summed E-state index contributed by atoms with van der Waals surface area (Å²) in [6.07, 6.45) is 10.5. The monoisotopic (exact) mass is 354 g/mol. The van der Waals surface area contributed by atoms with Crippen molar-refractivity contribution < 1.29 is 9.53 Å². The summed E-state index contributed by atoms with van der Waals surface area (Å²) in [5, 5.41) is 7.40. The van der Waals surface area contributed by atoms with E-state index in [2.05, 4.69) is 31.9 Å². The van der Waals surface area contributed by atoms with Gasteiger partial charge in [-0.25, -0.2) is 14.5 Å². The van der Waals surface area contributed by atoms with Crippen molar-refractivity contribution in [1.82, 2.24) is 29.5 Å². The molecule has 1 aliphatic heterocycles. The zero-order valence-corrected chi connectivity index (χ0v) is 14.7. The lowest BCUT2D eigenvalue weighted by molar-refractivity contribution is 0.0498. The second-order valence-corrected chi connectivity index (χ2v) is 6.42. The fraction of sp³-hybridized carbons (Fsp3) is 0.444. The number of nitrogens with zero attached hydrogens (tertiary/aromatic N) is 5. The molecule has 0 spiro atoms. The average Bonchev–Trinajstić information content (AvgIpc) is 3.33. The molecule has 1 aliphatic rings. The van der Waals surface area contributed by atoms with Gasteiger partial charge in [-0.3, -0.25) is 4.79 Å². The number of hydrogen-bond donors (Lipinski definition) is 1. The van der Waals surface area contributed by atoms with Crippen LogP contribution in [0, 0.1) is 5.92 Å². The highest BCUT2D eigenvalue weighted by Crippen LogP contribution is 2.30. The van der Waals surface area contributed by atoms with Gasteiger partial charge in [-0.05, 0) is 31.7 Å². The van der Waals surface area contributed by atoms with Crippen LogP contribution in [0.5, 0.6) is 0 Å². The maximum Gasteiger partial charge on any atom is 0.257 e. The van der Waals surface area contributed by atoms with Crippen LogP contribution in [0.1, 0.15) is 42.0 Å². The van der Waals surface area contributed by atoms with Crippen LogP contribution in [-0.2, 0) is 11.3 Å². The number of carbonyl (C=O) groups excluding carboxylic acids is 1. The van der Waals surface area contributed by atoms with E-state index in [1.807, 2.05) is 6.20 Å². The van der Waals surface area contributed by atoms with Crippen molar-refractivity contribution in [3.63, 3.8) is 0 Å². The van der Waals surface area contributed by atoms with Gasteiger partial charge in [0.15, 0.2) is 5.65 Å². The Morgan fingerprint density at radius 1 is 1.31 bits per heavy atom. The number of hydrogen-bond acceptors (Lipinski definition) is 5. The number of imidazole rings is 1. The molecule has 0 bridgehead atoms. The Hall–Kier alpha value is -2.74. The Morgan fingerprint density at radius 2 is 2.15 bits per heavy atom. The van der Waals surface area contributed by atoms with Gasteiger partial charge in [-0.15, -0.1) is 0 Å². The standard InChI is InChI=1S/C18H22N6O2/c1-2-23-9-7-20-17(23)15(13-4-10-26-11-5-13)22-18(25)14-12-21-24-8-3-6-19-16(14)24/h3,6-9,12-13,15H,2,4-5,10-11H2,1H3,(H,22,25). The van der Waals surface area contributed by atoms with Crippen LogP contribution in [0.4, 0.5) is 0 Å². The van der Waals surface area contributed by atoms with Gasteiger partial charge in [0.05, 0.1) is 12.2 Å². The molecular weight excluding hydrogens is 332 g/mol. The van der Waals surface area contributed by atoms with Crippen molar-refractivity contribution in [3.8, 4) is 0 Å². The lowest BCUT2D eigenvalue weighted by Crippen LogP contribution is -2.37. The van der Waals surface area contributed by atoms with Crippen molar-refractivity contribution in [3.05, 3.63) is 48.4 Å². The number of nitrogens with one attached hydrogen (secondary N) is 1.